The van der Waals surface area contributed by atoms with Crippen LogP contribution in [0.1, 0.15) is 24.5 Å². The average molecular weight is 301 g/mol. The second kappa shape index (κ2) is 5.82. The van der Waals surface area contributed by atoms with Gasteiger partial charge in [-0.15, -0.1) is 0 Å². The van der Waals surface area contributed by atoms with Crippen molar-refractivity contribution in [3.63, 3.8) is 0 Å². The first kappa shape index (κ1) is 14.0. The molecule has 1 aliphatic heterocycles. The van der Waals surface area contributed by atoms with Gasteiger partial charge in [0.05, 0.1) is 0 Å². The predicted molar refractivity (Wildman–Crippen MR) is 86.9 cm³/mol. The molecule has 4 nitrogen and oxygen atoms in total. The van der Waals surface area contributed by atoms with E-state index in [0.29, 0.717) is 6.04 Å². The third-order valence-electron chi connectivity index (χ3n) is 3.77. The Kier molecular flexibility index (Phi) is 3.88. The number of aliphatic imine (C=N–C) groups is 1. The summed E-state index contributed by atoms with van der Waals surface area (Å²) in [6, 6.07) is 8.66. The van der Waals surface area contributed by atoms with Crippen LogP contribution in [0.4, 0.5) is 11.5 Å². The first-order valence-corrected chi connectivity index (χ1v) is 7.39. The molecule has 0 saturated carbocycles. The molecular formula is C16H17ClN4. The van der Waals surface area contributed by atoms with Gasteiger partial charge in [0.1, 0.15) is 5.82 Å². The van der Waals surface area contributed by atoms with Crippen LogP contribution >= 0.6 is 11.6 Å². The molecule has 21 heavy (non-hydrogen) atoms. The first-order valence-electron chi connectivity index (χ1n) is 7.02. The number of benzene rings is 1. The van der Waals surface area contributed by atoms with Crippen molar-refractivity contribution < 1.29 is 0 Å². The van der Waals surface area contributed by atoms with E-state index >= 15 is 0 Å². The lowest BCUT2D eigenvalue weighted by Gasteiger charge is -2.19. The Morgan fingerprint density at radius 2 is 2.14 bits per heavy atom. The minimum Gasteiger partial charge on any atom is -0.329 e. The zero-order valence-electron chi connectivity index (χ0n) is 12.1. The summed E-state index contributed by atoms with van der Waals surface area (Å²) in [4.78, 5) is 14.7. The standard InChI is InChI=1S/C16H17ClN4/c1-11-3-4-12-5-6-14(9-13(12)10-19-11)21(2)15-7-8-18-16(17)20-15/h5-11H,3-4H2,1-2H3. The molecule has 0 saturated heterocycles. The van der Waals surface area contributed by atoms with Crippen molar-refractivity contribution in [1.82, 2.24) is 9.97 Å². The van der Waals surface area contributed by atoms with E-state index in [0.717, 1.165) is 24.3 Å². The number of hydrogen-bond acceptors (Lipinski definition) is 4. The molecule has 1 atom stereocenters. The third kappa shape index (κ3) is 3.05. The SMILES string of the molecule is CC1CCc2ccc(N(C)c3ccnc(Cl)n3)cc2C=N1. The van der Waals surface area contributed by atoms with Gasteiger partial charge in [-0.25, -0.2) is 9.97 Å². The normalized spacial score (nSPS) is 17.2. The second-order valence-electron chi connectivity index (χ2n) is 5.29. The van der Waals surface area contributed by atoms with Gasteiger partial charge in [0, 0.05) is 31.2 Å². The zero-order valence-corrected chi connectivity index (χ0v) is 12.9. The fourth-order valence-electron chi connectivity index (χ4n) is 2.43. The number of aryl methyl sites for hydroxylation is 1. The van der Waals surface area contributed by atoms with E-state index in [1.807, 2.05) is 24.2 Å². The topological polar surface area (TPSA) is 41.4 Å². The molecule has 1 unspecified atom stereocenters. The maximum atomic E-state index is 5.86. The molecule has 1 aromatic heterocycles. The van der Waals surface area contributed by atoms with E-state index < -0.39 is 0 Å². The molecule has 0 spiro atoms. The highest BCUT2D eigenvalue weighted by Crippen LogP contribution is 2.26. The van der Waals surface area contributed by atoms with Crippen LogP contribution in [-0.2, 0) is 6.42 Å². The van der Waals surface area contributed by atoms with Crippen molar-refractivity contribution in [2.45, 2.75) is 25.8 Å². The van der Waals surface area contributed by atoms with E-state index in [9.17, 15) is 0 Å². The Labute approximate surface area is 129 Å². The van der Waals surface area contributed by atoms with Crippen molar-refractivity contribution in [2.24, 2.45) is 4.99 Å². The van der Waals surface area contributed by atoms with Crippen LogP contribution in [0.25, 0.3) is 0 Å². The third-order valence-corrected chi connectivity index (χ3v) is 3.95. The van der Waals surface area contributed by atoms with Crippen molar-refractivity contribution in [3.8, 4) is 0 Å². The van der Waals surface area contributed by atoms with E-state index in [1.54, 1.807) is 6.20 Å². The summed E-state index contributed by atoms with van der Waals surface area (Å²) in [6.45, 7) is 2.15. The number of fused-ring (bicyclic) bond motifs is 1. The van der Waals surface area contributed by atoms with Crippen LogP contribution in [0, 0.1) is 0 Å². The molecular weight excluding hydrogens is 284 g/mol. The number of hydrogen-bond donors (Lipinski definition) is 0. The summed E-state index contributed by atoms with van der Waals surface area (Å²) in [6.07, 6.45) is 5.81. The van der Waals surface area contributed by atoms with Gasteiger partial charge in [-0.05, 0) is 60.7 Å². The summed E-state index contributed by atoms with van der Waals surface area (Å²) >= 11 is 5.86. The van der Waals surface area contributed by atoms with Gasteiger partial charge < -0.3 is 4.90 Å². The van der Waals surface area contributed by atoms with Crippen molar-refractivity contribution >= 4 is 29.3 Å². The summed E-state index contributed by atoms with van der Waals surface area (Å²) in [7, 11) is 1.97. The molecule has 2 aromatic rings. The van der Waals surface area contributed by atoms with Gasteiger partial charge in [0.2, 0.25) is 5.28 Å². The molecule has 0 aliphatic carbocycles. The average Bonchev–Trinajstić information content (AvgIpc) is 2.68. The fraction of sp³-hybridized carbons (Fsp3) is 0.312. The van der Waals surface area contributed by atoms with Gasteiger partial charge in [-0.2, -0.15) is 0 Å². The maximum Gasteiger partial charge on any atom is 0.224 e. The Morgan fingerprint density at radius 1 is 1.29 bits per heavy atom. The highest BCUT2D eigenvalue weighted by Gasteiger charge is 2.12. The van der Waals surface area contributed by atoms with Crippen molar-refractivity contribution in [2.75, 3.05) is 11.9 Å². The monoisotopic (exact) mass is 300 g/mol. The molecule has 108 valence electrons. The minimum atomic E-state index is 0.254. The van der Waals surface area contributed by atoms with Crippen molar-refractivity contribution in [3.05, 3.63) is 46.9 Å². The van der Waals surface area contributed by atoms with Gasteiger partial charge in [0.25, 0.3) is 0 Å². The lowest BCUT2D eigenvalue weighted by atomic mass is 10.0. The van der Waals surface area contributed by atoms with E-state index in [-0.39, 0.29) is 5.28 Å². The van der Waals surface area contributed by atoms with E-state index in [4.69, 9.17) is 11.6 Å². The van der Waals surface area contributed by atoms with E-state index in [1.165, 1.54) is 11.1 Å². The Balaban J connectivity index is 1.95. The summed E-state index contributed by atoms with van der Waals surface area (Å²) < 4.78 is 0. The number of rotatable bonds is 2. The van der Waals surface area contributed by atoms with Crippen LogP contribution in [0.5, 0.6) is 0 Å². The minimum absolute atomic E-state index is 0.254. The molecule has 0 bridgehead atoms. The number of anilines is 2. The maximum absolute atomic E-state index is 5.86. The molecule has 0 fully saturated rings. The largest absolute Gasteiger partial charge is 0.329 e. The molecule has 0 N–H and O–H groups in total. The highest BCUT2D eigenvalue weighted by molar-refractivity contribution is 6.28. The quantitative estimate of drug-likeness (QED) is 0.795. The summed E-state index contributed by atoms with van der Waals surface area (Å²) in [5.41, 5.74) is 3.59. The summed E-state index contributed by atoms with van der Waals surface area (Å²) in [5, 5.41) is 0.254. The van der Waals surface area contributed by atoms with Crippen LogP contribution in [-0.4, -0.2) is 29.3 Å². The molecule has 0 radical (unpaired) electrons. The molecule has 2 heterocycles. The van der Waals surface area contributed by atoms with Crippen LogP contribution in [0.2, 0.25) is 5.28 Å². The summed E-state index contributed by atoms with van der Waals surface area (Å²) in [5.74, 6) is 0.772. The lowest BCUT2D eigenvalue weighted by Crippen LogP contribution is -2.12. The van der Waals surface area contributed by atoms with Crippen LogP contribution in [0.3, 0.4) is 0 Å². The van der Waals surface area contributed by atoms with Crippen molar-refractivity contribution in [1.29, 1.82) is 0 Å². The highest BCUT2D eigenvalue weighted by atomic mass is 35.5. The van der Waals surface area contributed by atoms with Gasteiger partial charge >= 0.3 is 0 Å². The van der Waals surface area contributed by atoms with Crippen LogP contribution in [0.15, 0.2) is 35.5 Å². The molecule has 0 amide bonds. The molecule has 3 rings (SSSR count). The molecule has 5 heteroatoms. The molecule has 1 aromatic carbocycles. The number of halogens is 1. The Hall–Kier alpha value is -1.94. The molecule has 1 aliphatic rings. The van der Waals surface area contributed by atoms with Gasteiger partial charge in [0.15, 0.2) is 0 Å². The first-order chi connectivity index (χ1) is 10.1. The van der Waals surface area contributed by atoms with Gasteiger partial charge in [-0.3, -0.25) is 4.99 Å². The lowest BCUT2D eigenvalue weighted by molar-refractivity contribution is 0.677. The van der Waals surface area contributed by atoms with Gasteiger partial charge in [-0.1, -0.05) is 6.07 Å². The van der Waals surface area contributed by atoms with E-state index in [2.05, 4.69) is 40.1 Å². The number of aromatic nitrogens is 2. The Bertz CT molecular complexity index is 684. The zero-order chi connectivity index (χ0) is 14.8. The fourth-order valence-corrected chi connectivity index (χ4v) is 2.57. The number of nitrogens with zero attached hydrogens (tertiary/aromatic N) is 4. The predicted octanol–water partition coefficient (Wildman–Crippen LogP) is 3.65. The Morgan fingerprint density at radius 3 is 2.95 bits per heavy atom. The second-order valence-corrected chi connectivity index (χ2v) is 5.63. The smallest absolute Gasteiger partial charge is 0.224 e. The van der Waals surface area contributed by atoms with Crippen LogP contribution < -0.4 is 4.90 Å².